The van der Waals surface area contributed by atoms with Crippen LogP contribution in [0.5, 0.6) is 11.8 Å². The van der Waals surface area contributed by atoms with Gasteiger partial charge in [-0.1, -0.05) is 26.8 Å². The van der Waals surface area contributed by atoms with Gasteiger partial charge in [-0.25, -0.2) is 4.58 Å². The third kappa shape index (κ3) is 30.2. The number of ether oxygens (including phenoxy) is 12. The summed E-state index contributed by atoms with van der Waals surface area (Å²) >= 11 is 0. The summed E-state index contributed by atoms with van der Waals surface area (Å²) in [6, 6.07) is 14.5. The Labute approximate surface area is 558 Å². The van der Waals surface area contributed by atoms with E-state index in [2.05, 4.69) is 20.8 Å². The Kier molecular flexibility index (Phi) is 35.4. The van der Waals surface area contributed by atoms with Gasteiger partial charge in [0, 0.05) is 67.1 Å². The first-order valence-electron chi connectivity index (χ1n) is 31.6. The molecule has 2 aliphatic heterocycles. The number of benzene rings is 2. The van der Waals surface area contributed by atoms with Crippen molar-refractivity contribution in [3.05, 3.63) is 94.7 Å². The lowest BCUT2D eigenvalue weighted by Gasteiger charge is -2.30. The summed E-state index contributed by atoms with van der Waals surface area (Å²) in [6.45, 7) is 16.6. The van der Waals surface area contributed by atoms with E-state index in [9.17, 15) is 53.9 Å². The van der Waals surface area contributed by atoms with Crippen LogP contribution in [-0.4, -0.2) is 250 Å². The largest absolute Gasteiger partial charge is 0.494 e. The van der Waals surface area contributed by atoms with Crippen molar-refractivity contribution in [3.63, 3.8) is 0 Å². The topological polar surface area (TPSA) is 356 Å². The van der Waals surface area contributed by atoms with Crippen molar-refractivity contribution in [1.82, 2.24) is 9.14 Å². The average Bonchev–Trinajstić information content (AvgIpc) is 1.60. The van der Waals surface area contributed by atoms with Crippen LogP contribution in [0.4, 0.5) is 5.69 Å². The van der Waals surface area contributed by atoms with Crippen molar-refractivity contribution in [2.45, 2.75) is 75.6 Å². The molecule has 1 atom stereocenters. The highest BCUT2D eigenvalue weighted by Crippen LogP contribution is 2.51. The Hall–Kier alpha value is -5.27. The van der Waals surface area contributed by atoms with Gasteiger partial charge >= 0.3 is 0 Å². The van der Waals surface area contributed by atoms with E-state index in [1.807, 2.05) is 46.7 Å². The molecule has 1 aromatic carbocycles. The fourth-order valence-electron chi connectivity index (χ4n) is 10.1. The number of methoxy groups -OCH3 is 1. The van der Waals surface area contributed by atoms with Gasteiger partial charge in [0.2, 0.25) is 5.36 Å². The van der Waals surface area contributed by atoms with Crippen LogP contribution in [0.25, 0.3) is 17.4 Å². The second-order valence-corrected chi connectivity index (χ2v) is 27.8. The lowest BCUT2D eigenvalue weighted by molar-refractivity contribution is -0.121. The number of ketones is 1. The number of Topliss-reactive ketones (excluding diaryl/α,β-unsaturated/α-hetero) is 1. The van der Waals surface area contributed by atoms with Crippen LogP contribution in [0.15, 0.2) is 81.8 Å². The molecule has 5 N–H and O–H groups in total. The highest BCUT2D eigenvalue weighted by molar-refractivity contribution is 7.86. The molecule has 31 heteroatoms. The minimum absolute atomic E-state index is 0.00446. The van der Waals surface area contributed by atoms with Crippen LogP contribution < -0.4 is 14.8 Å². The summed E-state index contributed by atoms with van der Waals surface area (Å²) in [5.74, 6) is -0.601. The molecule has 28 nitrogen and oxygen atoms in total. The third-order valence-corrected chi connectivity index (χ3v) is 17.4. The molecule has 1 unspecified atom stereocenters. The summed E-state index contributed by atoms with van der Waals surface area (Å²) in [5.41, 5.74) is 2.08. The number of allylic oxidation sites excluding steroid dienone is 3. The van der Waals surface area contributed by atoms with E-state index in [0.717, 1.165) is 15.7 Å². The molecule has 0 radical (unpaired) electrons. The second kappa shape index (κ2) is 41.9. The van der Waals surface area contributed by atoms with E-state index in [0.29, 0.717) is 153 Å². The molecule has 0 saturated carbocycles. The number of carbonyl (C=O) groups excluding carboxylic acids is 1. The van der Waals surface area contributed by atoms with Crippen molar-refractivity contribution < 1.29 is 115 Å². The zero-order valence-corrected chi connectivity index (χ0v) is 57.7. The van der Waals surface area contributed by atoms with Crippen LogP contribution in [0.1, 0.15) is 70.3 Å². The van der Waals surface area contributed by atoms with Gasteiger partial charge in [0.05, 0.1) is 174 Å². The molecule has 95 heavy (non-hydrogen) atoms. The molecular formula is C64H98N3O25S3+. The van der Waals surface area contributed by atoms with E-state index in [1.54, 1.807) is 25.3 Å². The van der Waals surface area contributed by atoms with E-state index >= 15 is 0 Å². The number of fused-ring (bicyclic) bond motifs is 2. The van der Waals surface area contributed by atoms with E-state index < -0.39 is 47.3 Å². The molecule has 5 rings (SSSR count). The summed E-state index contributed by atoms with van der Waals surface area (Å²) < 4.78 is 179. The Balaban J connectivity index is 1.19. The van der Waals surface area contributed by atoms with Crippen molar-refractivity contribution in [3.8, 4) is 23.1 Å². The highest BCUT2D eigenvalue weighted by Gasteiger charge is 2.44. The fraction of sp³-hybridized carbons (Fsp3) is 0.625. The maximum Gasteiger partial charge on any atom is 0.294 e. The Morgan fingerprint density at radius 3 is 1.57 bits per heavy atom. The van der Waals surface area contributed by atoms with Gasteiger partial charge in [0.25, 0.3) is 30.4 Å². The maximum absolute atomic E-state index is 12.6. The number of carbonyl (C=O) groups is 1. The predicted molar refractivity (Wildman–Crippen MR) is 352 cm³/mol. The van der Waals surface area contributed by atoms with Gasteiger partial charge in [-0.2, -0.15) is 25.3 Å². The monoisotopic (exact) mass is 1400 g/mol. The SMILES string of the molecule is COCCOCCOCCOCCOCCOCC[N+](CCCS(=O)(=O)O)=c1ccc2c(C(C)(C)C)cc(C=CC=C3N(CCOCCOCCOCCOCCOCCOCCC(=O)Cn4c(O)ccc4O)c4ccc(S(=O)(=O)O)cc4C3(C)CCCS(=O)(=O)O)oc-2c1. The zero-order valence-electron chi connectivity index (χ0n) is 55.2. The Bertz CT molecular complexity index is 3360. The van der Waals surface area contributed by atoms with Crippen molar-refractivity contribution in [2.75, 3.05) is 195 Å². The van der Waals surface area contributed by atoms with Gasteiger partial charge in [0.15, 0.2) is 24.1 Å². The molecule has 0 fully saturated rings. The van der Waals surface area contributed by atoms with Gasteiger partial charge in [-0.3, -0.25) is 23.0 Å². The molecule has 3 aliphatic rings. The predicted octanol–water partition coefficient (Wildman–Crippen LogP) is 5.02. The molecule has 0 bridgehead atoms. The average molecular weight is 1410 g/mol. The summed E-state index contributed by atoms with van der Waals surface area (Å²) in [5, 5.41) is 20.1. The smallest absolute Gasteiger partial charge is 0.294 e. The van der Waals surface area contributed by atoms with Crippen molar-refractivity contribution in [2.24, 2.45) is 0 Å². The number of rotatable bonds is 52. The van der Waals surface area contributed by atoms with Crippen LogP contribution in [0, 0.1) is 0 Å². The molecule has 1 aromatic heterocycles. The van der Waals surface area contributed by atoms with Crippen LogP contribution in [-0.2, 0) is 109 Å². The zero-order chi connectivity index (χ0) is 69.2. The number of aromatic hydroxyl groups is 2. The van der Waals surface area contributed by atoms with Gasteiger partial charge in [-0.15, -0.1) is 0 Å². The molecule has 2 aromatic rings. The molecule has 0 saturated heterocycles. The second-order valence-electron chi connectivity index (χ2n) is 23.2. The van der Waals surface area contributed by atoms with Crippen molar-refractivity contribution >= 4 is 47.9 Å². The van der Waals surface area contributed by atoms with Gasteiger partial charge < -0.3 is 76.4 Å². The highest BCUT2D eigenvalue weighted by atomic mass is 32.2. The lowest BCUT2D eigenvalue weighted by atomic mass is 9.77. The minimum atomic E-state index is -4.67. The molecule has 1 aliphatic carbocycles. The third-order valence-electron chi connectivity index (χ3n) is 14.9. The molecule has 3 heterocycles. The Morgan fingerprint density at radius 1 is 0.589 bits per heavy atom. The first-order valence-corrected chi connectivity index (χ1v) is 36.2. The summed E-state index contributed by atoms with van der Waals surface area (Å²) in [6.07, 6.45) is 5.76. The standard InChI is InChI=1S/C64H97N3O25S3/c1-63(2,3)56-48-53(92-59-47-51(11-13-55(56)59)65(19-8-46-94(74,75)76)20-23-82-28-31-86-36-39-90-42-41-88-34-33-84-26-25-80-5)9-6-10-60-64(4,18-7-45-93(71,72)73)57-49-54(95(77,78)79)12-14-58(57)66(60)21-24-83-29-32-87-37-40-91-44-43-89-38-35-85-30-27-81-22-17-52(68)50-67-61(69)15-16-62(67)70/h6,9-16,47-49H,7-8,17-46,50H2,1-5H3,(H4-,69,70,71,72,73,74,75,76,77,78,79)/p+1. The number of hydrogen-bond donors (Lipinski definition) is 5. The first-order chi connectivity index (χ1) is 45.3. The fourth-order valence-corrected chi connectivity index (χ4v) is 11.7. The molecular weight excluding hydrogens is 1310 g/mol. The van der Waals surface area contributed by atoms with Crippen molar-refractivity contribution in [1.29, 1.82) is 0 Å². The van der Waals surface area contributed by atoms with Crippen LogP contribution in [0.2, 0.25) is 0 Å². The van der Waals surface area contributed by atoms with Crippen LogP contribution >= 0.6 is 0 Å². The number of anilines is 1. The summed E-state index contributed by atoms with van der Waals surface area (Å²) in [4.78, 5) is 13.7. The molecule has 0 amide bonds. The number of aromatic nitrogens is 1. The van der Waals surface area contributed by atoms with E-state index in [1.165, 1.54) is 24.3 Å². The number of nitrogens with zero attached hydrogens (tertiary/aromatic N) is 3. The normalized spacial score (nSPS) is 15.5. The quantitative estimate of drug-likeness (QED) is 0.0220. The summed E-state index contributed by atoms with van der Waals surface area (Å²) in [7, 11) is -11.7. The first kappa shape index (κ1) is 80.4. The lowest BCUT2D eigenvalue weighted by Crippen LogP contribution is -2.35. The van der Waals surface area contributed by atoms with E-state index in [4.69, 9.17) is 61.3 Å². The van der Waals surface area contributed by atoms with Crippen LogP contribution in [0.3, 0.4) is 0 Å². The minimum Gasteiger partial charge on any atom is -0.494 e. The maximum atomic E-state index is 12.6. The molecule has 536 valence electrons. The van der Waals surface area contributed by atoms with Gasteiger partial charge in [0.1, 0.15) is 24.7 Å². The number of hydrogen-bond acceptors (Lipinski definition) is 23. The Morgan fingerprint density at radius 2 is 1.07 bits per heavy atom. The molecule has 0 spiro atoms. The van der Waals surface area contributed by atoms with E-state index in [-0.39, 0.29) is 113 Å². The van der Waals surface area contributed by atoms with Gasteiger partial charge in [-0.05, 0) is 78.8 Å².